The Kier molecular flexibility index (Phi) is 6.49. The molecule has 4 heteroatoms. The molecular formula is C19H34N2O2. The molecule has 0 aromatic carbocycles. The van der Waals surface area contributed by atoms with Crippen molar-refractivity contribution in [3.8, 4) is 0 Å². The predicted molar refractivity (Wildman–Crippen MR) is 92.8 cm³/mol. The molecule has 2 aliphatic rings. The van der Waals surface area contributed by atoms with Gasteiger partial charge in [0.2, 0.25) is 11.8 Å². The zero-order chi connectivity index (χ0) is 17.0. The number of rotatable bonds is 4. The molecule has 0 spiro atoms. The first-order valence-corrected chi connectivity index (χ1v) is 9.39. The van der Waals surface area contributed by atoms with Crippen LogP contribution in [0.25, 0.3) is 0 Å². The molecule has 2 saturated carbocycles. The van der Waals surface area contributed by atoms with Crippen LogP contribution in [0, 0.1) is 23.7 Å². The summed E-state index contributed by atoms with van der Waals surface area (Å²) in [4.78, 5) is 22.5. The number of hydrogen-bond acceptors (Lipinski definition) is 2. The van der Waals surface area contributed by atoms with Crippen molar-refractivity contribution in [1.82, 2.24) is 10.6 Å². The molecule has 23 heavy (non-hydrogen) atoms. The predicted octanol–water partition coefficient (Wildman–Crippen LogP) is 3.26. The van der Waals surface area contributed by atoms with E-state index in [0.29, 0.717) is 23.9 Å². The Morgan fingerprint density at radius 3 is 1.48 bits per heavy atom. The zero-order valence-corrected chi connectivity index (χ0v) is 15.2. The van der Waals surface area contributed by atoms with Crippen LogP contribution in [0.5, 0.6) is 0 Å². The molecule has 2 aliphatic carbocycles. The standard InChI is InChI=1S/C19H34N2O2/c1-12-9-18(20-14(3)22)7-5-16(12)11-17-6-8-19(10-13(17)2)21-15(4)23/h12-13,16-19H,5-11H2,1-4H3,(H,20,22)(H,21,23). The second kappa shape index (κ2) is 8.16. The van der Waals surface area contributed by atoms with Gasteiger partial charge in [0.25, 0.3) is 0 Å². The van der Waals surface area contributed by atoms with Crippen molar-refractivity contribution in [2.75, 3.05) is 0 Å². The van der Waals surface area contributed by atoms with E-state index in [-0.39, 0.29) is 11.8 Å². The molecule has 4 nitrogen and oxygen atoms in total. The van der Waals surface area contributed by atoms with Crippen LogP contribution in [-0.2, 0) is 9.59 Å². The molecule has 0 aromatic heterocycles. The van der Waals surface area contributed by atoms with Crippen molar-refractivity contribution < 1.29 is 9.59 Å². The largest absolute Gasteiger partial charge is 0.354 e. The van der Waals surface area contributed by atoms with E-state index in [0.717, 1.165) is 37.5 Å². The lowest BCUT2D eigenvalue weighted by Gasteiger charge is -2.40. The quantitative estimate of drug-likeness (QED) is 0.834. The first-order chi connectivity index (χ1) is 10.8. The van der Waals surface area contributed by atoms with Gasteiger partial charge in [0, 0.05) is 25.9 Å². The maximum absolute atomic E-state index is 11.2. The number of carbonyl (C=O) groups is 2. The summed E-state index contributed by atoms with van der Waals surface area (Å²) in [5, 5.41) is 6.18. The van der Waals surface area contributed by atoms with Gasteiger partial charge in [-0.05, 0) is 68.6 Å². The summed E-state index contributed by atoms with van der Waals surface area (Å²) in [7, 11) is 0. The summed E-state index contributed by atoms with van der Waals surface area (Å²) >= 11 is 0. The molecule has 2 N–H and O–H groups in total. The highest BCUT2D eigenvalue weighted by Crippen LogP contribution is 2.40. The highest BCUT2D eigenvalue weighted by Gasteiger charge is 2.34. The number of hydrogen-bond donors (Lipinski definition) is 2. The SMILES string of the molecule is CC(=O)NC1CCC(CC2CCC(NC(C)=O)CC2C)C(C)C1. The summed E-state index contributed by atoms with van der Waals surface area (Å²) in [5.41, 5.74) is 0. The highest BCUT2D eigenvalue weighted by molar-refractivity contribution is 5.73. The normalized spacial score (nSPS) is 37.9. The summed E-state index contributed by atoms with van der Waals surface area (Å²) in [5.74, 6) is 3.19. The van der Waals surface area contributed by atoms with Crippen LogP contribution in [0.1, 0.15) is 72.6 Å². The molecule has 2 fully saturated rings. The summed E-state index contributed by atoms with van der Waals surface area (Å²) in [6.07, 6.45) is 8.31. The lowest BCUT2D eigenvalue weighted by molar-refractivity contribution is -0.120. The summed E-state index contributed by atoms with van der Waals surface area (Å²) in [6, 6.07) is 0.762. The van der Waals surface area contributed by atoms with Gasteiger partial charge in [-0.15, -0.1) is 0 Å². The van der Waals surface area contributed by atoms with Crippen LogP contribution in [0.15, 0.2) is 0 Å². The van der Waals surface area contributed by atoms with E-state index in [1.807, 2.05) is 0 Å². The van der Waals surface area contributed by atoms with Crippen LogP contribution in [0.3, 0.4) is 0 Å². The number of carbonyl (C=O) groups excluding carboxylic acids is 2. The van der Waals surface area contributed by atoms with Gasteiger partial charge in [-0.3, -0.25) is 9.59 Å². The topological polar surface area (TPSA) is 58.2 Å². The van der Waals surface area contributed by atoms with Crippen molar-refractivity contribution in [2.45, 2.75) is 84.7 Å². The minimum Gasteiger partial charge on any atom is -0.354 e. The van der Waals surface area contributed by atoms with E-state index in [1.54, 1.807) is 13.8 Å². The van der Waals surface area contributed by atoms with E-state index >= 15 is 0 Å². The Bertz CT molecular complexity index is 386. The van der Waals surface area contributed by atoms with Crippen LogP contribution in [0.2, 0.25) is 0 Å². The highest BCUT2D eigenvalue weighted by atomic mass is 16.2. The van der Waals surface area contributed by atoms with E-state index < -0.39 is 0 Å². The second-order valence-corrected chi connectivity index (χ2v) is 8.13. The fraction of sp³-hybridized carbons (Fsp3) is 0.895. The minimum atomic E-state index is 0.102. The Hall–Kier alpha value is -1.06. The fourth-order valence-corrected chi connectivity index (χ4v) is 4.84. The van der Waals surface area contributed by atoms with Crippen LogP contribution in [-0.4, -0.2) is 23.9 Å². The molecule has 0 aromatic rings. The lowest BCUT2D eigenvalue weighted by atomic mass is 9.68. The average Bonchev–Trinajstić information content (AvgIpc) is 2.43. The Labute approximate surface area is 141 Å². The second-order valence-electron chi connectivity index (χ2n) is 8.13. The van der Waals surface area contributed by atoms with E-state index in [2.05, 4.69) is 24.5 Å². The van der Waals surface area contributed by atoms with Gasteiger partial charge in [-0.25, -0.2) is 0 Å². The summed E-state index contributed by atoms with van der Waals surface area (Å²) < 4.78 is 0. The Balaban J connectivity index is 1.79. The first kappa shape index (κ1) is 18.3. The lowest BCUT2D eigenvalue weighted by Crippen LogP contribution is -2.41. The molecule has 0 bridgehead atoms. The zero-order valence-electron chi connectivity index (χ0n) is 15.2. The molecule has 0 aliphatic heterocycles. The number of nitrogens with one attached hydrogen (secondary N) is 2. The van der Waals surface area contributed by atoms with Crippen molar-refractivity contribution in [3.05, 3.63) is 0 Å². The smallest absolute Gasteiger partial charge is 0.217 e. The van der Waals surface area contributed by atoms with Crippen molar-refractivity contribution in [1.29, 1.82) is 0 Å². The first-order valence-electron chi connectivity index (χ1n) is 9.39. The van der Waals surface area contributed by atoms with Crippen molar-refractivity contribution in [3.63, 3.8) is 0 Å². The van der Waals surface area contributed by atoms with Crippen LogP contribution >= 0.6 is 0 Å². The van der Waals surface area contributed by atoms with Gasteiger partial charge in [-0.2, -0.15) is 0 Å². The van der Waals surface area contributed by atoms with E-state index in [9.17, 15) is 9.59 Å². The third-order valence-electron chi connectivity index (χ3n) is 6.11. The Morgan fingerprint density at radius 2 is 1.17 bits per heavy atom. The van der Waals surface area contributed by atoms with Gasteiger partial charge < -0.3 is 10.6 Å². The van der Waals surface area contributed by atoms with Crippen LogP contribution < -0.4 is 10.6 Å². The van der Waals surface area contributed by atoms with Gasteiger partial charge >= 0.3 is 0 Å². The molecule has 6 unspecified atom stereocenters. The van der Waals surface area contributed by atoms with Gasteiger partial charge in [0.1, 0.15) is 0 Å². The molecule has 0 heterocycles. The molecule has 132 valence electrons. The molecule has 2 amide bonds. The minimum absolute atomic E-state index is 0.102. The van der Waals surface area contributed by atoms with Crippen molar-refractivity contribution >= 4 is 11.8 Å². The van der Waals surface area contributed by atoms with E-state index in [1.165, 1.54) is 19.3 Å². The number of amides is 2. The third kappa shape index (κ3) is 5.50. The molecular weight excluding hydrogens is 288 g/mol. The molecule has 6 atom stereocenters. The van der Waals surface area contributed by atoms with Crippen LogP contribution in [0.4, 0.5) is 0 Å². The molecule has 2 rings (SSSR count). The van der Waals surface area contributed by atoms with Gasteiger partial charge in [0.05, 0.1) is 0 Å². The van der Waals surface area contributed by atoms with Gasteiger partial charge in [-0.1, -0.05) is 13.8 Å². The maximum Gasteiger partial charge on any atom is 0.217 e. The third-order valence-corrected chi connectivity index (χ3v) is 6.11. The molecule has 0 saturated heterocycles. The van der Waals surface area contributed by atoms with Crippen molar-refractivity contribution in [2.24, 2.45) is 23.7 Å². The molecule has 0 radical (unpaired) electrons. The Morgan fingerprint density at radius 1 is 0.783 bits per heavy atom. The summed E-state index contributed by atoms with van der Waals surface area (Å²) in [6.45, 7) is 7.94. The average molecular weight is 322 g/mol. The monoisotopic (exact) mass is 322 g/mol. The van der Waals surface area contributed by atoms with E-state index in [4.69, 9.17) is 0 Å². The fourth-order valence-electron chi connectivity index (χ4n) is 4.84. The maximum atomic E-state index is 11.2. The van der Waals surface area contributed by atoms with Gasteiger partial charge in [0.15, 0.2) is 0 Å².